The van der Waals surface area contributed by atoms with Crippen molar-refractivity contribution in [1.29, 1.82) is 0 Å². The number of carbonyl (C=O) groups is 2. The van der Waals surface area contributed by atoms with Crippen LogP contribution in [0.2, 0.25) is 0 Å². The maximum atomic E-state index is 12.2. The lowest BCUT2D eigenvalue weighted by Crippen LogP contribution is -2.12. The van der Waals surface area contributed by atoms with Crippen LogP contribution < -0.4 is 10.1 Å². The van der Waals surface area contributed by atoms with Crippen molar-refractivity contribution < 1.29 is 14.3 Å². The van der Waals surface area contributed by atoms with Gasteiger partial charge in [0, 0.05) is 11.1 Å². The number of aromatic nitrogens is 1. The van der Waals surface area contributed by atoms with Gasteiger partial charge in [0.2, 0.25) is 0 Å². The van der Waals surface area contributed by atoms with Crippen molar-refractivity contribution >= 4 is 51.6 Å². The molecule has 3 heterocycles. The van der Waals surface area contributed by atoms with Crippen LogP contribution in [0.1, 0.15) is 15.4 Å². The summed E-state index contributed by atoms with van der Waals surface area (Å²) in [7, 11) is 0. The SMILES string of the molecule is O=C(Cc1csc(-c2cccs2)n1)Oc1ccc(NC(=O)c2cccs2)cc1. The van der Waals surface area contributed by atoms with Gasteiger partial charge in [0.05, 0.1) is 21.9 Å². The Balaban J connectivity index is 1.33. The van der Waals surface area contributed by atoms with Gasteiger partial charge in [-0.2, -0.15) is 0 Å². The van der Waals surface area contributed by atoms with Gasteiger partial charge in [0.15, 0.2) is 0 Å². The van der Waals surface area contributed by atoms with E-state index in [4.69, 9.17) is 4.74 Å². The van der Waals surface area contributed by atoms with E-state index in [0.717, 1.165) is 9.88 Å². The van der Waals surface area contributed by atoms with Gasteiger partial charge in [-0.1, -0.05) is 12.1 Å². The summed E-state index contributed by atoms with van der Waals surface area (Å²) in [5.41, 5.74) is 1.33. The average molecular weight is 427 g/mol. The summed E-state index contributed by atoms with van der Waals surface area (Å²) in [6.07, 6.45) is 0.110. The topological polar surface area (TPSA) is 68.3 Å². The second kappa shape index (κ2) is 8.47. The molecule has 0 bridgehead atoms. The molecule has 4 aromatic rings. The van der Waals surface area contributed by atoms with Gasteiger partial charge in [0.1, 0.15) is 10.8 Å². The minimum absolute atomic E-state index is 0.110. The molecule has 0 unspecified atom stereocenters. The molecule has 3 aromatic heterocycles. The molecule has 0 fully saturated rings. The molecule has 0 aliphatic carbocycles. The molecule has 140 valence electrons. The number of carbonyl (C=O) groups excluding carboxylic acids is 2. The minimum atomic E-state index is -0.376. The zero-order valence-electron chi connectivity index (χ0n) is 14.5. The molecule has 0 saturated heterocycles. The Kier molecular flexibility index (Phi) is 5.61. The summed E-state index contributed by atoms with van der Waals surface area (Å²) in [5, 5.41) is 9.43. The van der Waals surface area contributed by atoms with E-state index in [1.807, 2.05) is 34.3 Å². The molecule has 0 spiro atoms. The number of thiophene rings is 2. The predicted molar refractivity (Wildman–Crippen MR) is 113 cm³/mol. The number of amides is 1. The van der Waals surface area contributed by atoms with E-state index < -0.39 is 0 Å². The van der Waals surface area contributed by atoms with Gasteiger partial charge < -0.3 is 10.1 Å². The lowest BCUT2D eigenvalue weighted by Gasteiger charge is -2.06. The highest BCUT2D eigenvalue weighted by molar-refractivity contribution is 7.20. The monoisotopic (exact) mass is 426 g/mol. The van der Waals surface area contributed by atoms with Crippen LogP contribution in [0.4, 0.5) is 5.69 Å². The number of anilines is 1. The van der Waals surface area contributed by atoms with Crippen molar-refractivity contribution in [3.05, 3.63) is 75.2 Å². The lowest BCUT2D eigenvalue weighted by molar-refractivity contribution is -0.133. The fourth-order valence-electron chi connectivity index (χ4n) is 2.42. The molecule has 0 radical (unpaired) electrons. The average Bonchev–Trinajstić information content (AvgIpc) is 3.45. The Morgan fingerprint density at radius 2 is 1.75 bits per heavy atom. The Labute approximate surface area is 173 Å². The minimum Gasteiger partial charge on any atom is -0.426 e. The van der Waals surface area contributed by atoms with Crippen LogP contribution in [-0.4, -0.2) is 16.9 Å². The van der Waals surface area contributed by atoms with E-state index >= 15 is 0 Å². The van der Waals surface area contributed by atoms with Crippen molar-refractivity contribution in [2.75, 3.05) is 5.32 Å². The standard InChI is InChI=1S/C20H14N2O3S3/c23-18(11-14-12-28-20(22-14)17-4-2-10-27-17)25-15-7-5-13(6-8-15)21-19(24)16-3-1-9-26-16/h1-10,12H,11H2,(H,21,24). The first-order valence-electron chi connectivity index (χ1n) is 8.31. The Morgan fingerprint density at radius 1 is 0.964 bits per heavy atom. The van der Waals surface area contributed by atoms with E-state index in [1.165, 1.54) is 22.7 Å². The molecule has 8 heteroatoms. The van der Waals surface area contributed by atoms with Crippen LogP contribution in [-0.2, 0) is 11.2 Å². The molecule has 28 heavy (non-hydrogen) atoms. The summed E-state index contributed by atoms with van der Waals surface area (Å²) in [6, 6.07) is 14.3. The third-order valence-corrected chi connectivity index (χ3v) is 6.50. The molecular formula is C20H14N2O3S3. The van der Waals surface area contributed by atoms with Crippen LogP contribution in [0.25, 0.3) is 9.88 Å². The Hall–Kier alpha value is -2.81. The first-order valence-corrected chi connectivity index (χ1v) is 10.9. The van der Waals surface area contributed by atoms with Gasteiger partial charge in [-0.15, -0.1) is 34.0 Å². The fraction of sp³-hybridized carbons (Fsp3) is 0.0500. The molecule has 0 atom stereocenters. The van der Waals surface area contributed by atoms with Gasteiger partial charge in [-0.3, -0.25) is 9.59 Å². The first kappa shape index (κ1) is 18.5. The Bertz CT molecular complexity index is 1070. The first-order chi connectivity index (χ1) is 13.7. The number of nitrogens with one attached hydrogen (secondary N) is 1. The fourth-order valence-corrected chi connectivity index (χ4v) is 4.68. The van der Waals surface area contributed by atoms with E-state index in [0.29, 0.717) is 22.0 Å². The number of ether oxygens (including phenoxy) is 1. The largest absolute Gasteiger partial charge is 0.426 e. The number of hydrogen-bond acceptors (Lipinski definition) is 7. The number of benzene rings is 1. The molecule has 1 aromatic carbocycles. The number of thiazole rings is 1. The second-order valence-electron chi connectivity index (χ2n) is 5.73. The molecule has 0 aliphatic heterocycles. The molecule has 1 amide bonds. The predicted octanol–water partition coefficient (Wildman–Crippen LogP) is 5.33. The van der Waals surface area contributed by atoms with Crippen LogP contribution in [0.15, 0.2) is 64.7 Å². The van der Waals surface area contributed by atoms with Crippen LogP contribution >= 0.6 is 34.0 Å². The highest BCUT2D eigenvalue weighted by Gasteiger charge is 2.12. The Morgan fingerprint density at radius 3 is 2.46 bits per heavy atom. The zero-order valence-corrected chi connectivity index (χ0v) is 16.9. The molecule has 5 nitrogen and oxygen atoms in total. The van der Waals surface area contributed by atoms with Gasteiger partial charge in [-0.05, 0) is 47.2 Å². The van der Waals surface area contributed by atoms with Crippen molar-refractivity contribution in [3.8, 4) is 15.6 Å². The quantitative estimate of drug-likeness (QED) is 0.334. The summed E-state index contributed by atoms with van der Waals surface area (Å²) < 4.78 is 5.37. The maximum absolute atomic E-state index is 12.2. The van der Waals surface area contributed by atoms with E-state index in [1.54, 1.807) is 41.7 Å². The highest BCUT2D eigenvalue weighted by Crippen LogP contribution is 2.28. The second-order valence-corrected chi connectivity index (χ2v) is 8.48. The van der Waals surface area contributed by atoms with E-state index in [-0.39, 0.29) is 18.3 Å². The number of esters is 1. The van der Waals surface area contributed by atoms with Gasteiger partial charge >= 0.3 is 5.97 Å². The lowest BCUT2D eigenvalue weighted by atomic mass is 10.3. The number of nitrogens with zero attached hydrogens (tertiary/aromatic N) is 1. The zero-order chi connectivity index (χ0) is 19.3. The maximum Gasteiger partial charge on any atom is 0.317 e. The summed E-state index contributed by atoms with van der Waals surface area (Å²) in [4.78, 5) is 30.4. The third kappa shape index (κ3) is 4.53. The summed E-state index contributed by atoms with van der Waals surface area (Å²) >= 11 is 4.51. The van der Waals surface area contributed by atoms with Gasteiger partial charge in [0.25, 0.3) is 5.91 Å². The molecule has 0 aliphatic rings. The van der Waals surface area contributed by atoms with Crippen molar-refractivity contribution in [2.24, 2.45) is 0 Å². The molecule has 4 rings (SSSR count). The van der Waals surface area contributed by atoms with Crippen LogP contribution in [0.5, 0.6) is 5.75 Å². The number of hydrogen-bond donors (Lipinski definition) is 1. The third-order valence-electron chi connectivity index (χ3n) is 3.70. The highest BCUT2D eigenvalue weighted by atomic mass is 32.1. The van der Waals surface area contributed by atoms with E-state index in [9.17, 15) is 9.59 Å². The van der Waals surface area contributed by atoms with E-state index in [2.05, 4.69) is 10.3 Å². The summed E-state index contributed by atoms with van der Waals surface area (Å²) in [5.74, 6) is -0.115. The molecule has 0 saturated carbocycles. The van der Waals surface area contributed by atoms with Crippen molar-refractivity contribution in [2.45, 2.75) is 6.42 Å². The van der Waals surface area contributed by atoms with Crippen LogP contribution in [0.3, 0.4) is 0 Å². The molecule has 1 N–H and O–H groups in total. The van der Waals surface area contributed by atoms with Crippen molar-refractivity contribution in [3.63, 3.8) is 0 Å². The smallest absolute Gasteiger partial charge is 0.317 e. The van der Waals surface area contributed by atoms with Crippen LogP contribution in [0, 0.1) is 0 Å². The summed E-state index contributed by atoms with van der Waals surface area (Å²) in [6.45, 7) is 0. The van der Waals surface area contributed by atoms with Gasteiger partial charge in [-0.25, -0.2) is 4.98 Å². The molecular weight excluding hydrogens is 412 g/mol. The number of rotatable bonds is 6. The normalized spacial score (nSPS) is 10.6. The van der Waals surface area contributed by atoms with Crippen molar-refractivity contribution in [1.82, 2.24) is 4.98 Å².